The van der Waals surface area contributed by atoms with Crippen LogP contribution < -0.4 is 4.74 Å². The van der Waals surface area contributed by atoms with E-state index in [0.29, 0.717) is 4.31 Å². The molecule has 2 rings (SSSR count). The number of hydrogen-bond donors (Lipinski definition) is 1. The summed E-state index contributed by atoms with van der Waals surface area (Å²) in [5.41, 5.74) is -0.710. The van der Waals surface area contributed by atoms with Gasteiger partial charge in [0.1, 0.15) is 12.3 Å². The van der Waals surface area contributed by atoms with Crippen LogP contribution in [-0.2, 0) is 19.6 Å². The van der Waals surface area contributed by atoms with Crippen LogP contribution in [0.3, 0.4) is 0 Å². The number of sulfonamides is 1. The highest BCUT2D eigenvalue weighted by atomic mass is 32.2. The molecular weight excluding hydrogens is 398 g/mol. The third kappa shape index (κ3) is 5.41. The molecule has 2 aromatic rings. The van der Waals surface area contributed by atoms with Crippen molar-refractivity contribution in [3.05, 3.63) is 60.2 Å². The lowest BCUT2D eigenvalue weighted by Crippen LogP contribution is -2.40. The van der Waals surface area contributed by atoms with E-state index in [-0.39, 0.29) is 16.2 Å². The van der Waals surface area contributed by atoms with E-state index < -0.39 is 39.8 Å². The first-order valence-electron chi connectivity index (χ1n) is 8.59. The van der Waals surface area contributed by atoms with Gasteiger partial charge in [-0.15, -0.1) is 0 Å². The molecule has 154 valence electrons. The Morgan fingerprint density at radius 1 is 0.966 bits per heavy atom. The molecule has 9 heteroatoms. The van der Waals surface area contributed by atoms with E-state index in [2.05, 4.69) is 0 Å². The summed E-state index contributed by atoms with van der Waals surface area (Å²) in [6.07, 6.45) is 0. The molecule has 0 radical (unpaired) electrons. The molecule has 0 saturated heterocycles. The third-order valence-electron chi connectivity index (χ3n) is 3.76. The van der Waals surface area contributed by atoms with Gasteiger partial charge >= 0.3 is 11.9 Å². The lowest BCUT2D eigenvalue weighted by molar-refractivity contribution is -0.143. The van der Waals surface area contributed by atoms with Gasteiger partial charge in [-0.3, -0.25) is 14.4 Å². The van der Waals surface area contributed by atoms with Gasteiger partial charge < -0.3 is 9.84 Å². The molecule has 1 amide bonds. The van der Waals surface area contributed by atoms with Gasteiger partial charge in [-0.2, -0.15) is 0 Å². The summed E-state index contributed by atoms with van der Waals surface area (Å²) in [5.74, 6) is -2.81. The number of carboxylic acids is 1. The van der Waals surface area contributed by atoms with E-state index in [1.165, 1.54) is 36.4 Å². The van der Waals surface area contributed by atoms with E-state index in [1.807, 2.05) is 0 Å². The van der Waals surface area contributed by atoms with Gasteiger partial charge in [0.05, 0.1) is 10.3 Å². The molecule has 0 unspecified atom stereocenters. The van der Waals surface area contributed by atoms with Crippen LogP contribution in [0, 0.1) is 5.41 Å². The van der Waals surface area contributed by atoms with E-state index in [9.17, 15) is 22.8 Å². The Balaban J connectivity index is 2.35. The maximum absolute atomic E-state index is 12.9. The average Bonchev–Trinajstić information content (AvgIpc) is 2.65. The van der Waals surface area contributed by atoms with Crippen LogP contribution in [0.15, 0.2) is 59.5 Å². The molecule has 0 aromatic heterocycles. The first kappa shape index (κ1) is 22.1. The molecule has 29 heavy (non-hydrogen) atoms. The van der Waals surface area contributed by atoms with Gasteiger partial charge in [-0.1, -0.05) is 18.2 Å². The molecular formula is C20H21NO7S. The largest absolute Gasteiger partial charge is 0.480 e. The van der Waals surface area contributed by atoms with Crippen molar-refractivity contribution in [2.24, 2.45) is 5.41 Å². The summed E-state index contributed by atoms with van der Waals surface area (Å²) in [6.45, 7) is 3.99. The van der Waals surface area contributed by atoms with E-state index >= 15 is 0 Å². The van der Waals surface area contributed by atoms with Crippen molar-refractivity contribution in [3.63, 3.8) is 0 Å². The van der Waals surface area contributed by atoms with Gasteiger partial charge in [0, 0.05) is 5.56 Å². The number of esters is 1. The fourth-order valence-corrected chi connectivity index (χ4v) is 3.52. The Labute approximate surface area is 168 Å². The number of rotatable bonds is 6. The Bertz CT molecular complexity index is 1010. The second kappa shape index (κ2) is 8.44. The van der Waals surface area contributed by atoms with Crippen LogP contribution >= 0.6 is 0 Å². The van der Waals surface area contributed by atoms with Crippen LogP contribution in [0.25, 0.3) is 0 Å². The molecule has 0 aliphatic carbocycles. The fourth-order valence-electron chi connectivity index (χ4n) is 2.18. The first-order chi connectivity index (χ1) is 13.4. The highest BCUT2D eigenvalue weighted by Gasteiger charge is 2.32. The number of carbonyl (C=O) groups is 3. The molecule has 0 aliphatic rings. The number of ether oxygens (including phenoxy) is 1. The lowest BCUT2D eigenvalue weighted by Gasteiger charge is -2.21. The number of nitrogens with zero attached hydrogens (tertiary/aromatic N) is 1. The number of aliphatic carboxylic acids is 1. The van der Waals surface area contributed by atoms with Crippen molar-refractivity contribution in [1.82, 2.24) is 4.31 Å². The zero-order valence-corrected chi connectivity index (χ0v) is 17.0. The van der Waals surface area contributed by atoms with Gasteiger partial charge in [0.2, 0.25) is 0 Å². The number of benzene rings is 2. The molecule has 0 bridgehead atoms. The van der Waals surface area contributed by atoms with Crippen LogP contribution in [0.5, 0.6) is 5.75 Å². The molecule has 0 heterocycles. The van der Waals surface area contributed by atoms with Crippen molar-refractivity contribution in [2.75, 3.05) is 6.54 Å². The maximum atomic E-state index is 12.9. The predicted octanol–water partition coefficient (Wildman–Crippen LogP) is 2.55. The Kier molecular flexibility index (Phi) is 6.43. The first-order valence-corrected chi connectivity index (χ1v) is 10.0. The Morgan fingerprint density at radius 3 is 2.00 bits per heavy atom. The Morgan fingerprint density at radius 2 is 1.52 bits per heavy atom. The van der Waals surface area contributed by atoms with Gasteiger partial charge in [-0.25, -0.2) is 12.7 Å². The number of amides is 1. The van der Waals surface area contributed by atoms with Gasteiger partial charge in [0.15, 0.2) is 0 Å². The SMILES string of the molecule is CC(C)(C)C(=O)Oc1ccc(S(=O)(=O)N(CC(=O)O)C(=O)c2ccccc2)cc1. The molecule has 0 spiro atoms. The van der Waals surface area contributed by atoms with Crippen molar-refractivity contribution in [3.8, 4) is 5.75 Å². The maximum Gasteiger partial charge on any atom is 0.324 e. The monoisotopic (exact) mass is 419 g/mol. The third-order valence-corrected chi connectivity index (χ3v) is 5.50. The molecule has 0 atom stereocenters. The minimum atomic E-state index is -4.45. The number of carboxylic acid groups (broad SMARTS) is 1. The van der Waals surface area contributed by atoms with Crippen LogP contribution in [0.1, 0.15) is 31.1 Å². The predicted molar refractivity (Wildman–Crippen MR) is 104 cm³/mol. The van der Waals surface area contributed by atoms with Crippen molar-refractivity contribution >= 4 is 27.9 Å². The summed E-state index contributed by atoms with van der Waals surface area (Å²) >= 11 is 0. The molecule has 0 saturated carbocycles. The number of carbonyl (C=O) groups excluding carboxylic acids is 2. The molecule has 2 aromatic carbocycles. The summed E-state index contributed by atoms with van der Waals surface area (Å²) in [6, 6.07) is 12.3. The molecule has 0 fully saturated rings. The topological polar surface area (TPSA) is 118 Å². The molecule has 0 aliphatic heterocycles. The van der Waals surface area contributed by atoms with E-state index in [1.54, 1.807) is 26.8 Å². The minimum absolute atomic E-state index is 0.0352. The van der Waals surface area contributed by atoms with Crippen LogP contribution in [0.2, 0.25) is 0 Å². The minimum Gasteiger partial charge on any atom is -0.480 e. The zero-order chi connectivity index (χ0) is 21.8. The smallest absolute Gasteiger partial charge is 0.324 e. The van der Waals surface area contributed by atoms with Gasteiger partial charge in [-0.05, 0) is 57.2 Å². The zero-order valence-electron chi connectivity index (χ0n) is 16.2. The fraction of sp³-hybridized carbons (Fsp3) is 0.250. The molecule has 8 nitrogen and oxygen atoms in total. The summed E-state index contributed by atoms with van der Waals surface area (Å²) in [4.78, 5) is 35.4. The number of hydrogen-bond acceptors (Lipinski definition) is 6. The average molecular weight is 419 g/mol. The standard InChI is InChI=1S/C20H21NO7S/c1-20(2,3)19(25)28-15-9-11-16(12-10-15)29(26,27)21(13-17(22)23)18(24)14-7-5-4-6-8-14/h4-12H,13H2,1-3H3,(H,22,23). The summed E-state index contributed by atoms with van der Waals surface area (Å²) in [7, 11) is -4.45. The quantitative estimate of drug-likeness (QED) is 0.565. The van der Waals surface area contributed by atoms with Crippen molar-refractivity contribution in [1.29, 1.82) is 0 Å². The van der Waals surface area contributed by atoms with Crippen molar-refractivity contribution in [2.45, 2.75) is 25.7 Å². The summed E-state index contributed by atoms with van der Waals surface area (Å²) < 4.78 is 31.3. The van der Waals surface area contributed by atoms with E-state index in [4.69, 9.17) is 9.84 Å². The Hall–Kier alpha value is -3.20. The second-order valence-electron chi connectivity index (χ2n) is 7.19. The molecule has 1 N–H and O–H groups in total. The second-order valence-corrected chi connectivity index (χ2v) is 9.05. The normalized spacial score (nSPS) is 11.6. The van der Waals surface area contributed by atoms with Crippen LogP contribution in [-0.4, -0.2) is 42.2 Å². The highest BCUT2D eigenvalue weighted by Crippen LogP contribution is 2.23. The van der Waals surface area contributed by atoms with Crippen LogP contribution in [0.4, 0.5) is 0 Å². The lowest BCUT2D eigenvalue weighted by atomic mass is 9.97. The highest BCUT2D eigenvalue weighted by molar-refractivity contribution is 7.89. The summed E-state index contributed by atoms with van der Waals surface area (Å²) in [5, 5.41) is 9.09. The van der Waals surface area contributed by atoms with E-state index in [0.717, 1.165) is 12.1 Å². The van der Waals surface area contributed by atoms with Gasteiger partial charge in [0.25, 0.3) is 15.9 Å². The van der Waals surface area contributed by atoms with Crippen molar-refractivity contribution < 1.29 is 32.6 Å².